The summed E-state index contributed by atoms with van der Waals surface area (Å²) in [7, 11) is 0. The van der Waals surface area contributed by atoms with E-state index in [0.29, 0.717) is 11.1 Å². The highest BCUT2D eigenvalue weighted by atomic mass is 16.5. The molecule has 1 rings (SSSR count). The second-order valence-corrected chi connectivity index (χ2v) is 4.40. The molecule has 0 unspecified atom stereocenters. The van der Waals surface area contributed by atoms with Crippen molar-refractivity contribution in [3.63, 3.8) is 0 Å². The van der Waals surface area contributed by atoms with E-state index in [1.807, 2.05) is 0 Å². The first-order chi connectivity index (χ1) is 8.34. The van der Waals surface area contributed by atoms with E-state index in [1.165, 1.54) is 13.8 Å². The van der Waals surface area contributed by atoms with Gasteiger partial charge in [0, 0.05) is 11.6 Å². The molecule has 0 aromatic heterocycles. The van der Waals surface area contributed by atoms with Crippen molar-refractivity contribution < 1.29 is 19.4 Å². The largest absolute Gasteiger partial charge is 0.458 e. The standard InChI is InChI=1S/C14H16O4/c1-4-12(15)18-9-10-6-5-7-11(8-10)13(16)14(2,3)17/h4-8,17H,1,9H2,2-3H3. The van der Waals surface area contributed by atoms with Crippen LogP contribution in [-0.4, -0.2) is 22.5 Å². The number of aliphatic hydroxyl groups is 1. The second kappa shape index (κ2) is 5.60. The monoisotopic (exact) mass is 248 g/mol. The summed E-state index contributed by atoms with van der Waals surface area (Å²) in [5, 5.41) is 9.64. The van der Waals surface area contributed by atoms with Gasteiger partial charge in [-0.3, -0.25) is 4.79 Å². The molecule has 96 valence electrons. The fraction of sp³-hybridized carbons (Fsp3) is 0.286. The molecule has 0 saturated carbocycles. The van der Waals surface area contributed by atoms with Crippen LogP contribution in [0.15, 0.2) is 36.9 Å². The lowest BCUT2D eigenvalue weighted by Crippen LogP contribution is -2.31. The lowest BCUT2D eigenvalue weighted by atomic mass is 9.96. The Morgan fingerprint density at radius 3 is 2.67 bits per heavy atom. The summed E-state index contributed by atoms with van der Waals surface area (Å²) in [6, 6.07) is 6.61. The molecule has 0 aliphatic carbocycles. The van der Waals surface area contributed by atoms with Crippen LogP contribution in [-0.2, 0) is 16.1 Å². The van der Waals surface area contributed by atoms with Crippen LogP contribution in [0.2, 0.25) is 0 Å². The second-order valence-electron chi connectivity index (χ2n) is 4.40. The van der Waals surface area contributed by atoms with Crippen molar-refractivity contribution in [2.45, 2.75) is 26.1 Å². The van der Waals surface area contributed by atoms with Gasteiger partial charge in [0.15, 0.2) is 5.78 Å². The Labute approximate surface area is 106 Å². The van der Waals surface area contributed by atoms with Crippen LogP contribution in [0.3, 0.4) is 0 Å². The Bertz CT molecular complexity index is 469. The van der Waals surface area contributed by atoms with Gasteiger partial charge in [-0.15, -0.1) is 0 Å². The van der Waals surface area contributed by atoms with E-state index in [2.05, 4.69) is 6.58 Å². The number of carbonyl (C=O) groups excluding carboxylic acids is 2. The molecule has 0 atom stereocenters. The van der Waals surface area contributed by atoms with E-state index in [9.17, 15) is 14.7 Å². The zero-order valence-corrected chi connectivity index (χ0v) is 10.5. The Kier molecular flexibility index (Phi) is 4.39. The van der Waals surface area contributed by atoms with Crippen LogP contribution in [0.5, 0.6) is 0 Å². The van der Waals surface area contributed by atoms with Gasteiger partial charge in [-0.25, -0.2) is 4.79 Å². The maximum Gasteiger partial charge on any atom is 0.330 e. The fourth-order valence-corrected chi connectivity index (χ4v) is 1.37. The van der Waals surface area contributed by atoms with Gasteiger partial charge in [-0.05, 0) is 25.5 Å². The number of Topliss-reactive ketones (excluding diaryl/α,β-unsaturated/α-hetero) is 1. The highest BCUT2D eigenvalue weighted by molar-refractivity contribution is 6.01. The highest BCUT2D eigenvalue weighted by Gasteiger charge is 2.25. The van der Waals surface area contributed by atoms with Crippen molar-refractivity contribution in [1.82, 2.24) is 0 Å². The normalized spacial score (nSPS) is 10.8. The smallest absolute Gasteiger partial charge is 0.330 e. The molecule has 0 aliphatic rings. The van der Waals surface area contributed by atoms with Gasteiger partial charge in [0.1, 0.15) is 12.2 Å². The third kappa shape index (κ3) is 3.82. The molecule has 1 aromatic carbocycles. The first-order valence-corrected chi connectivity index (χ1v) is 5.50. The first-order valence-electron chi connectivity index (χ1n) is 5.50. The molecular weight excluding hydrogens is 232 g/mol. The molecule has 0 fully saturated rings. The summed E-state index contributed by atoms with van der Waals surface area (Å²) < 4.78 is 4.87. The number of carbonyl (C=O) groups is 2. The van der Waals surface area contributed by atoms with Gasteiger partial charge in [0.05, 0.1) is 0 Å². The zero-order valence-electron chi connectivity index (χ0n) is 10.5. The summed E-state index contributed by atoms with van der Waals surface area (Å²) in [5.41, 5.74) is -0.355. The van der Waals surface area contributed by atoms with Gasteiger partial charge >= 0.3 is 5.97 Å². The van der Waals surface area contributed by atoms with Crippen molar-refractivity contribution in [2.75, 3.05) is 0 Å². The first kappa shape index (κ1) is 14.1. The molecule has 4 nitrogen and oxygen atoms in total. The summed E-state index contributed by atoms with van der Waals surface area (Å²) in [4.78, 5) is 22.8. The molecule has 1 N–H and O–H groups in total. The van der Waals surface area contributed by atoms with Crippen LogP contribution in [0.1, 0.15) is 29.8 Å². The average molecular weight is 248 g/mol. The zero-order chi connectivity index (χ0) is 13.8. The van der Waals surface area contributed by atoms with Crippen LogP contribution < -0.4 is 0 Å². The Morgan fingerprint density at radius 2 is 2.11 bits per heavy atom. The van der Waals surface area contributed by atoms with Gasteiger partial charge < -0.3 is 9.84 Å². The number of benzene rings is 1. The molecule has 1 aromatic rings. The quantitative estimate of drug-likeness (QED) is 0.491. The topological polar surface area (TPSA) is 63.6 Å². The molecule has 0 spiro atoms. The van der Waals surface area contributed by atoms with Crippen molar-refractivity contribution in [3.05, 3.63) is 48.0 Å². The minimum Gasteiger partial charge on any atom is -0.458 e. The number of hydrogen-bond acceptors (Lipinski definition) is 4. The van der Waals surface area contributed by atoms with Crippen molar-refractivity contribution in [3.8, 4) is 0 Å². The number of ketones is 1. The van der Waals surface area contributed by atoms with Crippen LogP contribution in [0.25, 0.3) is 0 Å². The van der Waals surface area contributed by atoms with E-state index in [4.69, 9.17) is 4.74 Å². The number of rotatable bonds is 5. The number of hydrogen-bond donors (Lipinski definition) is 1. The maximum absolute atomic E-state index is 11.8. The summed E-state index contributed by atoms with van der Waals surface area (Å²) in [6.45, 7) is 6.22. The minimum atomic E-state index is -1.42. The summed E-state index contributed by atoms with van der Waals surface area (Å²) in [5.74, 6) is -0.895. The number of ether oxygens (including phenoxy) is 1. The molecule has 0 aliphatic heterocycles. The van der Waals surface area contributed by atoms with Gasteiger partial charge in [0.2, 0.25) is 0 Å². The lowest BCUT2D eigenvalue weighted by molar-refractivity contribution is -0.138. The van der Waals surface area contributed by atoms with E-state index in [0.717, 1.165) is 6.08 Å². The predicted octanol–water partition coefficient (Wildman–Crippen LogP) is 1.87. The van der Waals surface area contributed by atoms with Gasteiger partial charge in [-0.1, -0.05) is 24.8 Å². The van der Waals surface area contributed by atoms with E-state index in [1.54, 1.807) is 24.3 Å². The average Bonchev–Trinajstić information content (AvgIpc) is 2.34. The molecule has 0 bridgehead atoms. The molecule has 0 heterocycles. The highest BCUT2D eigenvalue weighted by Crippen LogP contribution is 2.14. The third-order valence-corrected chi connectivity index (χ3v) is 2.29. The summed E-state index contributed by atoms with van der Waals surface area (Å²) >= 11 is 0. The van der Waals surface area contributed by atoms with Crippen LogP contribution >= 0.6 is 0 Å². The molecule has 0 radical (unpaired) electrons. The molecule has 0 saturated heterocycles. The van der Waals surface area contributed by atoms with Crippen molar-refractivity contribution in [1.29, 1.82) is 0 Å². The molecular formula is C14H16O4. The van der Waals surface area contributed by atoms with Crippen LogP contribution in [0.4, 0.5) is 0 Å². The SMILES string of the molecule is C=CC(=O)OCc1cccc(C(=O)C(C)(C)O)c1. The van der Waals surface area contributed by atoms with E-state index >= 15 is 0 Å². The molecule has 0 amide bonds. The maximum atomic E-state index is 11.8. The molecule has 18 heavy (non-hydrogen) atoms. The minimum absolute atomic E-state index is 0.0673. The Hall–Kier alpha value is -1.94. The number of esters is 1. The predicted molar refractivity (Wildman–Crippen MR) is 67.1 cm³/mol. The van der Waals surface area contributed by atoms with Crippen LogP contribution in [0, 0.1) is 0 Å². The lowest BCUT2D eigenvalue weighted by Gasteiger charge is -2.15. The molecule has 4 heteroatoms. The fourth-order valence-electron chi connectivity index (χ4n) is 1.37. The van der Waals surface area contributed by atoms with Crippen molar-refractivity contribution >= 4 is 11.8 Å². The Balaban J connectivity index is 2.83. The van der Waals surface area contributed by atoms with Gasteiger partial charge in [0.25, 0.3) is 0 Å². The van der Waals surface area contributed by atoms with E-state index < -0.39 is 11.6 Å². The van der Waals surface area contributed by atoms with Gasteiger partial charge in [-0.2, -0.15) is 0 Å². The van der Waals surface area contributed by atoms with E-state index in [-0.39, 0.29) is 12.4 Å². The Morgan fingerprint density at radius 1 is 1.44 bits per heavy atom. The summed E-state index contributed by atoms with van der Waals surface area (Å²) in [6.07, 6.45) is 1.08. The third-order valence-electron chi connectivity index (χ3n) is 2.29. The van der Waals surface area contributed by atoms with Crippen molar-refractivity contribution in [2.24, 2.45) is 0 Å².